The summed E-state index contributed by atoms with van der Waals surface area (Å²) >= 11 is 0. The van der Waals surface area contributed by atoms with Crippen LogP contribution in [-0.2, 0) is 0 Å². The van der Waals surface area contributed by atoms with E-state index in [0.717, 1.165) is 5.82 Å². The van der Waals surface area contributed by atoms with Gasteiger partial charge in [0.05, 0.1) is 30.8 Å². The molecule has 0 aliphatic carbocycles. The largest absolute Gasteiger partial charge is 0.496 e. The lowest BCUT2D eigenvalue weighted by Crippen LogP contribution is -2.49. The van der Waals surface area contributed by atoms with Crippen LogP contribution in [0.1, 0.15) is 20.9 Å². The quantitative estimate of drug-likeness (QED) is 0.701. The van der Waals surface area contributed by atoms with Crippen molar-refractivity contribution in [2.75, 3.05) is 43.5 Å². The lowest BCUT2D eigenvalue weighted by molar-refractivity contribution is 0.0714. The number of nitrogens with zero attached hydrogens (tertiary/aromatic N) is 3. The summed E-state index contributed by atoms with van der Waals surface area (Å²) in [6.45, 7) is 2.53. The molecule has 8 nitrogen and oxygen atoms in total. The van der Waals surface area contributed by atoms with Crippen LogP contribution in [0.3, 0.4) is 0 Å². The number of methoxy groups -OCH3 is 1. The number of rotatable bonds is 5. The van der Waals surface area contributed by atoms with Crippen LogP contribution < -0.4 is 15.0 Å². The van der Waals surface area contributed by atoms with E-state index in [9.17, 15) is 9.59 Å². The van der Waals surface area contributed by atoms with E-state index in [1.54, 1.807) is 41.4 Å². The Hall–Kier alpha value is -3.81. The number of pyridine rings is 1. The third-order valence-corrected chi connectivity index (χ3v) is 4.98. The molecule has 154 valence electrons. The number of benzene rings is 1. The van der Waals surface area contributed by atoms with E-state index in [1.165, 1.54) is 13.4 Å². The molecule has 0 radical (unpaired) electrons. The average Bonchev–Trinajstić information content (AvgIpc) is 3.34. The second-order valence-electron chi connectivity index (χ2n) is 6.82. The summed E-state index contributed by atoms with van der Waals surface area (Å²) < 4.78 is 10.4. The zero-order chi connectivity index (χ0) is 20.9. The standard InChI is InChI=1S/C22H22N4O4/c1-29-18-6-3-2-5-17(18)21(27)24-16-8-9-20(23-15-16)25-10-12-26(13-11-25)22(28)19-7-4-14-30-19/h2-9,14-15H,10-13H2,1H3,(H,24,27). The molecule has 3 aromatic rings. The Morgan fingerprint density at radius 3 is 2.50 bits per heavy atom. The lowest BCUT2D eigenvalue weighted by atomic mass is 10.2. The van der Waals surface area contributed by atoms with E-state index in [1.807, 2.05) is 18.2 Å². The van der Waals surface area contributed by atoms with Crippen LogP contribution in [0, 0.1) is 0 Å². The molecule has 0 bridgehead atoms. The van der Waals surface area contributed by atoms with Gasteiger partial charge in [-0.1, -0.05) is 12.1 Å². The number of carbonyl (C=O) groups is 2. The number of hydrogen-bond acceptors (Lipinski definition) is 6. The van der Waals surface area contributed by atoms with Crippen LogP contribution in [0.25, 0.3) is 0 Å². The number of anilines is 2. The Balaban J connectivity index is 1.35. The van der Waals surface area contributed by atoms with Gasteiger partial charge in [-0.2, -0.15) is 0 Å². The molecule has 1 aromatic carbocycles. The minimum Gasteiger partial charge on any atom is -0.496 e. The summed E-state index contributed by atoms with van der Waals surface area (Å²) in [6.07, 6.45) is 3.13. The van der Waals surface area contributed by atoms with Crippen LogP contribution in [0.2, 0.25) is 0 Å². The number of piperazine rings is 1. The number of para-hydroxylation sites is 1. The summed E-state index contributed by atoms with van der Waals surface area (Å²) in [6, 6.07) is 14.1. The van der Waals surface area contributed by atoms with Gasteiger partial charge in [-0.15, -0.1) is 0 Å². The molecule has 8 heteroatoms. The maximum absolute atomic E-state index is 12.5. The number of carbonyl (C=O) groups excluding carboxylic acids is 2. The van der Waals surface area contributed by atoms with Crippen molar-refractivity contribution in [2.24, 2.45) is 0 Å². The number of nitrogens with one attached hydrogen (secondary N) is 1. The van der Waals surface area contributed by atoms with Crippen LogP contribution in [0.4, 0.5) is 11.5 Å². The van der Waals surface area contributed by atoms with Gasteiger partial charge in [-0.25, -0.2) is 4.98 Å². The van der Waals surface area contributed by atoms with Crippen molar-refractivity contribution < 1.29 is 18.7 Å². The van der Waals surface area contributed by atoms with Gasteiger partial charge >= 0.3 is 0 Å². The first-order valence-corrected chi connectivity index (χ1v) is 9.64. The third-order valence-electron chi connectivity index (χ3n) is 4.98. The van der Waals surface area contributed by atoms with Gasteiger partial charge in [-0.05, 0) is 36.4 Å². The molecular formula is C22H22N4O4. The molecule has 0 spiro atoms. The fourth-order valence-electron chi connectivity index (χ4n) is 3.37. The summed E-state index contributed by atoms with van der Waals surface area (Å²) in [4.78, 5) is 33.2. The van der Waals surface area contributed by atoms with E-state index in [0.29, 0.717) is 48.9 Å². The monoisotopic (exact) mass is 406 g/mol. The normalized spacial score (nSPS) is 13.8. The van der Waals surface area contributed by atoms with Gasteiger partial charge in [0.2, 0.25) is 0 Å². The molecule has 4 rings (SSSR count). The zero-order valence-corrected chi connectivity index (χ0v) is 16.6. The molecule has 0 atom stereocenters. The molecular weight excluding hydrogens is 384 g/mol. The average molecular weight is 406 g/mol. The predicted molar refractivity (Wildman–Crippen MR) is 112 cm³/mol. The van der Waals surface area contributed by atoms with E-state index < -0.39 is 0 Å². The highest BCUT2D eigenvalue weighted by molar-refractivity contribution is 6.06. The maximum atomic E-state index is 12.5. The highest BCUT2D eigenvalue weighted by atomic mass is 16.5. The number of aromatic nitrogens is 1. The van der Waals surface area contributed by atoms with Gasteiger partial charge in [0.15, 0.2) is 5.76 Å². The molecule has 1 N–H and O–H groups in total. The first kappa shape index (κ1) is 19.5. The van der Waals surface area contributed by atoms with Crippen LogP contribution in [0.15, 0.2) is 65.4 Å². The van der Waals surface area contributed by atoms with Gasteiger partial charge in [0.25, 0.3) is 11.8 Å². The zero-order valence-electron chi connectivity index (χ0n) is 16.6. The van der Waals surface area contributed by atoms with Crippen LogP contribution >= 0.6 is 0 Å². The molecule has 0 saturated carbocycles. The van der Waals surface area contributed by atoms with Gasteiger partial charge in [-0.3, -0.25) is 9.59 Å². The van der Waals surface area contributed by atoms with E-state index in [2.05, 4.69) is 15.2 Å². The van der Waals surface area contributed by atoms with E-state index >= 15 is 0 Å². The lowest BCUT2D eigenvalue weighted by Gasteiger charge is -2.35. The van der Waals surface area contributed by atoms with Crippen molar-refractivity contribution in [3.8, 4) is 5.75 Å². The first-order valence-electron chi connectivity index (χ1n) is 9.64. The Morgan fingerprint density at radius 1 is 1.03 bits per heavy atom. The molecule has 1 fully saturated rings. The molecule has 1 aliphatic heterocycles. The highest BCUT2D eigenvalue weighted by Crippen LogP contribution is 2.21. The molecule has 1 saturated heterocycles. The maximum Gasteiger partial charge on any atom is 0.289 e. The van der Waals surface area contributed by atoms with Crippen molar-refractivity contribution in [2.45, 2.75) is 0 Å². The van der Waals surface area contributed by atoms with Crippen molar-refractivity contribution >= 4 is 23.3 Å². The molecule has 0 unspecified atom stereocenters. The molecule has 3 heterocycles. The van der Waals surface area contributed by atoms with Crippen LogP contribution in [-0.4, -0.2) is 55.0 Å². The highest BCUT2D eigenvalue weighted by Gasteiger charge is 2.24. The minimum absolute atomic E-state index is 0.0954. The smallest absolute Gasteiger partial charge is 0.289 e. The van der Waals surface area contributed by atoms with Gasteiger partial charge < -0.3 is 24.3 Å². The fraction of sp³-hybridized carbons (Fsp3) is 0.227. The topological polar surface area (TPSA) is 87.9 Å². The SMILES string of the molecule is COc1ccccc1C(=O)Nc1ccc(N2CCN(C(=O)c3ccco3)CC2)nc1. The summed E-state index contributed by atoms with van der Waals surface area (Å²) in [5.74, 6) is 1.32. The number of amides is 2. The Bertz CT molecular complexity index is 1010. The summed E-state index contributed by atoms with van der Waals surface area (Å²) in [5.41, 5.74) is 1.06. The van der Waals surface area contributed by atoms with Crippen molar-refractivity contribution in [1.82, 2.24) is 9.88 Å². The van der Waals surface area contributed by atoms with Crippen molar-refractivity contribution in [1.29, 1.82) is 0 Å². The molecule has 1 aliphatic rings. The molecule has 2 amide bonds. The van der Waals surface area contributed by atoms with Crippen LogP contribution in [0.5, 0.6) is 5.75 Å². The third kappa shape index (κ3) is 4.12. The van der Waals surface area contributed by atoms with E-state index in [-0.39, 0.29) is 11.8 Å². The molecule has 2 aromatic heterocycles. The van der Waals surface area contributed by atoms with Crippen molar-refractivity contribution in [3.63, 3.8) is 0 Å². The number of ether oxygens (including phenoxy) is 1. The predicted octanol–water partition coefficient (Wildman–Crippen LogP) is 2.90. The first-order chi connectivity index (χ1) is 14.7. The Morgan fingerprint density at radius 2 is 1.83 bits per heavy atom. The minimum atomic E-state index is -0.257. The van der Waals surface area contributed by atoms with E-state index in [4.69, 9.17) is 9.15 Å². The second-order valence-corrected chi connectivity index (χ2v) is 6.82. The van der Waals surface area contributed by atoms with Gasteiger partial charge in [0.1, 0.15) is 11.6 Å². The number of hydrogen-bond donors (Lipinski definition) is 1. The Kier molecular flexibility index (Phi) is 5.65. The summed E-state index contributed by atoms with van der Waals surface area (Å²) in [7, 11) is 1.53. The van der Waals surface area contributed by atoms with Gasteiger partial charge in [0, 0.05) is 26.2 Å². The Labute approximate surface area is 174 Å². The fourth-order valence-corrected chi connectivity index (χ4v) is 3.37. The number of furan rings is 1. The second kappa shape index (κ2) is 8.69. The summed E-state index contributed by atoms with van der Waals surface area (Å²) in [5, 5.41) is 2.84. The van der Waals surface area contributed by atoms with Crippen molar-refractivity contribution in [3.05, 3.63) is 72.3 Å². The molecule has 30 heavy (non-hydrogen) atoms.